The molecule has 194 valence electrons. The normalized spacial score (nSPS) is 21.8. The first-order chi connectivity index (χ1) is 17.5. The molecule has 4 rings (SSSR count). The van der Waals surface area contributed by atoms with Crippen LogP contribution in [0.3, 0.4) is 0 Å². The SMILES string of the molecule is CCOP(=O)(OCC)[C@@H]1C=CC[C@@H]2C(=O)N(CCCCCCn3cc(-c4ccccc4)nn3)C(=O)[C@@H]21. The Morgan fingerprint density at radius 1 is 0.972 bits per heavy atom. The summed E-state index contributed by atoms with van der Waals surface area (Å²) in [6.07, 6.45) is 9.52. The van der Waals surface area contributed by atoms with Gasteiger partial charge in [-0.3, -0.25) is 23.7 Å². The summed E-state index contributed by atoms with van der Waals surface area (Å²) < 4.78 is 26.3. The second-order valence-corrected chi connectivity index (χ2v) is 11.3. The van der Waals surface area contributed by atoms with Gasteiger partial charge in [-0.1, -0.05) is 60.5 Å². The third kappa shape index (κ3) is 5.69. The Labute approximate surface area is 212 Å². The zero-order valence-corrected chi connectivity index (χ0v) is 21.9. The molecule has 1 aromatic carbocycles. The molecule has 1 aliphatic heterocycles. The van der Waals surface area contributed by atoms with Crippen LogP contribution >= 0.6 is 7.60 Å². The lowest BCUT2D eigenvalue weighted by Gasteiger charge is -2.31. The number of unbranched alkanes of at least 4 members (excludes halogenated alkanes) is 3. The number of benzene rings is 1. The maximum absolute atomic E-state index is 13.4. The van der Waals surface area contributed by atoms with E-state index in [2.05, 4.69) is 10.3 Å². The van der Waals surface area contributed by atoms with Crippen LogP contribution < -0.4 is 0 Å². The number of fused-ring (bicyclic) bond motifs is 1. The van der Waals surface area contributed by atoms with Gasteiger partial charge in [-0.15, -0.1) is 5.10 Å². The Morgan fingerprint density at radius 2 is 1.67 bits per heavy atom. The van der Waals surface area contributed by atoms with Crippen molar-refractivity contribution in [3.8, 4) is 11.3 Å². The topological polar surface area (TPSA) is 104 Å². The summed E-state index contributed by atoms with van der Waals surface area (Å²) in [5, 5.41) is 8.45. The number of hydrogen-bond donors (Lipinski definition) is 0. The molecule has 2 heterocycles. The van der Waals surface area contributed by atoms with Gasteiger partial charge in [-0.05, 0) is 33.1 Å². The van der Waals surface area contributed by atoms with Gasteiger partial charge in [-0.2, -0.15) is 0 Å². The minimum Gasteiger partial charge on any atom is -0.308 e. The zero-order chi connectivity index (χ0) is 25.5. The molecule has 1 aromatic heterocycles. The molecule has 0 N–H and O–H groups in total. The fourth-order valence-corrected chi connectivity index (χ4v) is 7.27. The minimum atomic E-state index is -3.54. The number of amides is 2. The molecule has 2 aromatic rings. The highest BCUT2D eigenvalue weighted by atomic mass is 31.2. The molecule has 10 heteroatoms. The van der Waals surface area contributed by atoms with Crippen LogP contribution in [-0.2, 0) is 29.7 Å². The number of aromatic nitrogens is 3. The first-order valence-corrected chi connectivity index (χ1v) is 14.5. The van der Waals surface area contributed by atoms with Crippen molar-refractivity contribution in [2.75, 3.05) is 19.8 Å². The predicted octanol–water partition coefficient (Wildman–Crippen LogP) is 4.70. The van der Waals surface area contributed by atoms with E-state index < -0.39 is 25.1 Å². The Balaban J connectivity index is 1.26. The first-order valence-electron chi connectivity index (χ1n) is 12.8. The molecule has 1 aliphatic carbocycles. The minimum absolute atomic E-state index is 0.171. The van der Waals surface area contributed by atoms with E-state index in [1.807, 2.05) is 47.3 Å². The van der Waals surface area contributed by atoms with E-state index in [0.717, 1.165) is 43.5 Å². The molecule has 0 saturated carbocycles. The first kappa shape index (κ1) is 26.5. The molecule has 1 fully saturated rings. The van der Waals surface area contributed by atoms with Crippen LogP contribution in [0.5, 0.6) is 0 Å². The van der Waals surface area contributed by atoms with Crippen LogP contribution in [-0.4, -0.2) is 57.1 Å². The number of allylic oxidation sites excluding steroid dienone is 2. The summed E-state index contributed by atoms with van der Waals surface area (Å²) >= 11 is 0. The average Bonchev–Trinajstić information content (AvgIpc) is 3.45. The number of imide groups is 1. The lowest BCUT2D eigenvalue weighted by atomic mass is 9.85. The van der Waals surface area contributed by atoms with E-state index in [9.17, 15) is 14.2 Å². The number of carbonyl (C=O) groups is 2. The molecule has 3 atom stereocenters. The molecule has 1 saturated heterocycles. The van der Waals surface area contributed by atoms with Crippen molar-refractivity contribution in [3.05, 3.63) is 48.7 Å². The summed E-state index contributed by atoms with van der Waals surface area (Å²) in [6.45, 7) is 5.07. The van der Waals surface area contributed by atoms with Crippen LogP contribution in [0.2, 0.25) is 0 Å². The van der Waals surface area contributed by atoms with Gasteiger partial charge in [0.15, 0.2) is 0 Å². The average molecular weight is 515 g/mol. The maximum Gasteiger partial charge on any atom is 0.338 e. The maximum atomic E-state index is 13.4. The van der Waals surface area contributed by atoms with Gasteiger partial charge < -0.3 is 9.05 Å². The third-order valence-electron chi connectivity index (χ3n) is 6.77. The van der Waals surface area contributed by atoms with Crippen molar-refractivity contribution in [2.24, 2.45) is 11.8 Å². The highest BCUT2D eigenvalue weighted by Crippen LogP contribution is 2.59. The van der Waals surface area contributed by atoms with Crippen molar-refractivity contribution in [3.63, 3.8) is 0 Å². The molecule has 2 aliphatic rings. The molecule has 0 bridgehead atoms. The number of nitrogens with zero attached hydrogens (tertiary/aromatic N) is 4. The summed E-state index contributed by atoms with van der Waals surface area (Å²) in [5.74, 6) is -1.60. The predicted molar refractivity (Wildman–Crippen MR) is 136 cm³/mol. The lowest BCUT2D eigenvalue weighted by Crippen LogP contribution is -2.35. The number of rotatable bonds is 13. The van der Waals surface area contributed by atoms with Crippen LogP contribution in [0, 0.1) is 11.8 Å². The van der Waals surface area contributed by atoms with Crippen LogP contribution in [0.4, 0.5) is 0 Å². The highest BCUT2D eigenvalue weighted by Gasteiger charge is 2.56. The fourth-order valence-electron chi connectivity index (χ4n) is 5.07. The van der Waals surface area contributed by atoms with Gasteiger partial charge in [0, 0.05) is 18.7 Å². The van der Waals surface area contributed by atoms with Crippen molar-refractivity contribution < 1.29 is 23.2 Å². The summed E-state index contributed by atoms with van der Waals surface area (Å²) in [7, 11) is -3.54. The van der Waals surface area contributed by atoms with Crippen LogP contribution in [0.1, 0.15) is 46.0 Å². The quantitative estimate of drug-likeness (QED) is 0.165. The molecular weight excluding hydrogens is 479 g/mol. The van der Waals surface area contributed by atoms with E-state index in [4.69, 9.17) is 9.05 Å². The third-order valence-corrected chi connectivity index (χ3v) is 9.23. The molecule has 0 spiro atoms. The number of hydrogen-bond acceptors (Lipinski definition) is 7. The van der Waals surface area contributed by atoms with Gasteiger partial charge in [0.05, 0.1) is 36.9 Å². The van der Waals surface area contributed by atoms with E-state index in [0.29, 0.717) is 13.0 Å². The molecule has 9 nitrogen and oxygen atoms in total. The van der Waals surface area contributed by atoms with Crippen LogP contribution in [0.15, 0.2) is 48.7 Å². The standard InChI is InChI=1S/C26H35N4O5P/c1-3-34-36(33,35-4-2)23-16-12-15-21-24(23)26(32)30(25(21)31)18-11-6-5-10-17-29-19-22(27-28-29)20-13-8-7-9-14-20/h7-9,12-14,16,19,21,23-24H,3-6,10-11,15,17-18H2,1-2H3/t21-,23+,24-/m0/s1. The fraction of sp³-hybridized carbons (Fsp3) is 0.538. The second kappa shape index (κ2) is 12.1. The smallest absolute Gasteiger partial charge is 0.308 e. The van der Waals surface area contributed by atoms with E-state index in [1.54, 1.807) is 19.9 Å². The van der Waals surface area contributed by atoms with Gasteiger partial charge in [-0.25, -0.2) is 0 Å². The van der Waals surface area contributed by atoms with Crippen molar-refractivity contribution in [1.82, 2.24) is 19.9 Å². The van der Waals surface area contributed by atoms with Gasteiger partial charge in [0.1, 0.15) is 5.69 Å². The number of aryl methyl sites for hydroxylation is 1. The van der Waals surface area contributed by atoms with E-state index in [1.165, 1.54) is 4.90 Å². The summed E-state index contributed by atoms with van der Waals surface area (Å²) in [4.78, 5) is 27.7. The lowest BCUT2D eigenvalue weighted by molar-refractivity contribution is -0.140. The van der Waals surface area contributed by atoms with Crippen molar-refractivity contribution >= 4 is 19.4 Å². The van der Waals surface area contributed by atoms with Gasteiger partial charge in [0.25, 0.3) is 0 Å². The van der Waals surface area contributed by atoms with Crippen molar-refractivity contribution in [1.29, 1.82) is 0 Å². The van der Waals surface area contributed by atoms with Gasteiger partial charge >= 0.3 is 7.60 Å². The Morgan fingerprint density at radius 3 is 2.36 bits per heavy atom. The monoisotopic (exact) mass is 514 g/mol. The highest BCUT2D eigenvalue weighted by molar-refractivity contribution is 7.55. The molecule has 36 heavy (non-hydrogen) atoms. The van der Waals surface area contributed by atoms with E-state index >= 15 is 0 Å². The molecule has 0 unspecified atom stereocenters. The number of likely N-dealkylation sites (tertiary alicyclic amines) is 1. The largest absolute Gasteiger partial charge is 0.338 e. The van der Waals surface area contributed by atoms with Gasteiger partial charge in [0.2, 0.25) is 11.8 Å². The van der Waals surface area contributed by atoms with Crippen LogP contribution in [0.25, 0.3) is 11.3 Å². The molecular formula is C26H35N4O5P. The Kier molecular flexibility index (Phi) is 8.88. The molecule has 0 radical (unpaired) electrons. The zero-order valence-electron chi connectivity index (χ0n) is 21.0. The van der Waals surface area contributed by atoms with Crippen molar-refractivity contribution in [2.45, 2.75) is 58.2 Å². The Hall–Kier alpha value is -2.61. The summed E-state index contributed by atoms with van der Waals surface area (Å²) in [5.41, 5.74) is 1.18. The number of carbonyl (C=O) groups excluding carboxylic acids is 2. The molecule has 2 amide bonds. The van der Waals surface area contributed by atoms with E-state index in [-0.39, 0.29) is 25.0 Å². The Bertz CT molecular complexity index is 1110. The summed E-state index contributed by atoms with van der Waals surface area (Å²) in [6, 6.07) is 9.95. The second-order valence-electron chi connectivity index (χ2n) is 9.14.